The number of amides is 3. The average Bonchev–Trinajstić information content (AvgIpc) is 2.67. The molecule has 0 radical (unpaired) electrons. The lowest BCUT2D eigenvalue weighted by molar-refractivity contribution is -0.141. The van der Waals surface area contributed by atoms with Gasteiger partial charge in [0.15, 0.2) is 0 Å². The average molecular weight is 452 g/mol. The second kappa shape index (κ2) is 11.7. The number of carbonyl (C=O) groups excluding carboxylic acids is 3. The molecule has 0 aliphatic heterocycles. The standard InChI is InChI=1S/C23H37N3O6/c1-8-9-15(3)24-20(29)19(16-10-11-18(28)14(2)12-16)26(7)21(30)17(13-27)25-22(31)32-23(4,5)6/h10-12,15,17,19,27-28H,8-9,13H2,1-7H3,(H,24,29)(H,25,31). The third-order valence-electron chi connectivity index (χ3n) is 4.80. The molecule has 9 nitrogen and oxygen atoms in total. The topological polar surface area (TPSA) is 128 Å². The van der Waals surface area contributed by atoms with Crippen molar-refractivity contribution in [2.75, 3.05) is 13.7 Å². The number of aryl methyl sites for hydroxylation is 1. The van der Waals surface area contributed by atoms with E-state index in [0.29, 0.717) is 11.1 Å². The van der Waals surface area contributed by atoms with Gasteiger partial charge in [0.1, 0.15) is 23.4 Å². The highest BCUT2D eigenvalue weighted by Gasteiger charge is 2.34. The van der Waals surface area contributed by atoms with E-state index >= 15 is 0 Å². The molecule has 0 heterocycles. The van der Waals surface area contributed by atoms with Crippen molar-refractivity contribution in [1.29, 1.82) is 0 Å². The van der Waals surface area contributed by atoms with Crippen LogP contribution in [-0.4, -0.2) is 64.4 Å². The molecule has 0 bridgehead atoms. The smallest absolute Gasteiger partial charge is 0.408 e. The number of likely N-dealkylation sites (N-methyl/N-ethyl adjacent to an activating group) is 1. The highest BCUT2D eigenvalue weighted by molar-refractivity contribution is 5.92. The normalized spacial score (nSPS) is 14.1. The second-order valence-electron chi connectivity index (χ2n) is 8.98. The first-order valence-electron chi connectivity index (χ1n) is 10.8. The van der Waals surface area contributed by atoms with Gasteiger partial charge in [0.05, 0.1) is 6.61 Å². The van der Waals surface area contributed by atoms with Gasteiger partial charge in [-0.1, -0.05) is 19.4 Å². The minimum Gasteiger partial charge on any atom is -0.508 e. The van der Waals surface area contributed by atoms with Crippen LogP contribution >= 0.6 is 0 Å². The molecule has 0 fully saturated rings. The zero-order chi connectivity index (χ0) is 24.6. The quantitative estimate of drug-likeness (QED) is 0.456. The van der Waals surface area contributed by atoms with Crippen LogP contribution in [-0.2, 0) is 14.3 Å². The second-order valence-corrected chi connectivity index (χ2v) is 8.98. The number of rotatable bonds is 9. The number of aromatic hydroxyl groups is 1. The van der Waals surface area contributed by atoms with Crippen molar-refractivity contribution >= 4 is 17.9 Å². The lowest BCUT2D eigenvalue weighted by atomic mass is 10.0. The van der Waals surface area contributed by atoms with E-state index in [2.05, 4.69) is 10.6 Å². The minimum absolute atomic E-state index is 0.0704. The molecule has 0 aliphatic carbocycles. The van der Waals surface area contributed by atoms with Crippen LogP contribution < -0.4 is 10.6 Å². The molecule has 0 aromatic heterocycles. The zero-order valence-corrected chi connectivity index (χ0v) is 20.1. The lowest BCUT2D eigenvalue weighted by Crippen LogP contribution is -2.53. The summed E-state index contributed by atoms with van der Waals surface area (Å²) in [6.45, 7) is 9.95. The third-order valence-corrected chi connectivity index (χ3v) is 4.80. The summed E-state index contributed by atoms with van der Waals surface area (Å²) in [6.07, 6.45) is 0.798. The summed E-state index contributed by atoms with van der Waals surface area (Å²) in [6, 6.07) is 2.22. The van der Waals surface area contributed by atoms with E-state index in [-0.39, 0.29) is 11.8 Å². The number of hydrogen-bond donors (Lipinski definition) is 4. The molecule has 3 atom stereocenters. The molecule has 0 aliphatic rings. The van der Waals surface area contributed by atoms with Crippen molar-refractivity contribution in [1.82, 2.24) is 15.5 Å². The first-order valence-corrected chi connectivity index (χ1v) is 10.8. The van der Waals surface area contributed by atoms with Crippen molar-refractivity contribution in [2.45, 2.75) is 78.1 Å². The Labute approximate surface area is 190 Å². The van der Waals surface area contributed by atoms with Gasteiger partial charge in [0.2, 0.25) is 11.8 Å². The number of alkyl carbamates (subject to hydrolysis) is 1. The van der Waals surface area contributed by atoms with Gasteiger partial charge in [0.25, 0.3) is 0 Å². The Morgan fingerprint density at radius 1 is 1.19 bits per heavy atom. The maximum atomic E-state index is 13.1. The number of benzene rings is 1. The van der Waals surface area contributed by atoms with Crippen molar-refractivity contribution in [3.8, 4) is 5.75 Å². The lowest BCUT2D eigenvalue weighted by Gasteiger charge is -2.32. The molecule has 1 aromatic carbocycles. The minimum atomic E-state index is -1.29. The molecule has 32 heavy (non-hydrogen) atoms. The monoisotopic (exact) mass is 451 g/mol. The molecule has 180 valence electrons. The number of phenols is 1. The van der Waals surface area contributed by atoms with Gasteiger partial charge in [0, 0.05) is 13.1 Å². The van der Waals surface area contributed by atoms with E-state index in [1.165, 1.54) is 18.0 Å². The van der Waals surface area contributed by atoms with Gasteiger partial charge < -0.3 is 30.5 Å². The van der Waals surface area contributed by atoms with Gasteiger partial charge in [-0.3, -0.25) is 9.59 Å². The molecule has 0 saturated carbocycles. The van der Waals surface area contributed by atoms with E-state index in [1.54, 1.807) is 39.8 Å². The summed E-state index contributed by atoms with van der Waals surface area (Å²) < 4.78 is 5.16. The van der Waals surface area contributed by atoms with Crippen LogP contribution in [0.1, 0.15) is 64.6 Å². The number of nitrogens with one attached hydrogen (secondary N) is 2. The fourth-order valence-electron chi connectivity index (χ4n) is 3.23. The summed E-state index contributed by atoms with van der Waals surface area (Å²) >= 11 is 0. The summed E-state index contributed by atoms with van der Waals surface area (Å²) in [4.78, 5) is 39.6. The predicted octanol–water partition coefficient (Wildman–Crippen LogP) is 2.39. The number of carbonyl (C=O) groups is 3. The summed E-state index contributed by atoms with van der Waals surface area (Å²) in [7, 11) is 1.43. The van der Waals surface area contributed by atoms with Crippen LogP contribution in [0, 0.1) is 6.92 Å². The van der Waals surface area contributed by atoms with E-state index in [0.717, 1.165) is 12.8 Å². The van der Waals surface area contributed by atoms with Gasteiger partial charge in [-0.05, 0) is 64.3 Å². The van der Waals surface area contributed by atoms with Crippen molar-refractivity contribution in [2.24, 2.45) is 0 Å². The van der Waals surface area contributed by atoms with Crippen LogP contribution in [0.25, 0.3) is 0 Å². The molecule has 9 heteroatoms. The van der Waals surface area contributed by atoms with Gasteiger partial charge in [-0.15, -0.1) is 0 Å². The third kappa shape index (κ3) is 8.03. The number of aliphatic hydroxyl groups excluding tert-OH is 1. The molecule has 1 rings (SSSR count). The molecule has 1 aromatic rings. The van der Waals surface area contributed by atoms with E-state index in [4.69, 9.17) is 4.74 Å². The number of phenolic OH excluding ortho intramolecular Hbond substituents is 1. The van der Waals surface area contributed by atoms with Crippen LogP contribution in [0.5, 0.6) is 5.75 Å². The SMILES string of the molecule is CCCC(C)NC(=O)C(c1ccc(O)c(C)c1)N(C)C(=O)C(CO)NC(=O)OC(C)(C)C. The molecule has 0 spiro atoms. The Morgan fingerprint density at radius 3 is 2.31 bits per heavy atom. The van der Waals surface area contributed by atoms with Crippen LogP contribution in [0.15, 0.2) is 18.2 Å². The molecule has 4 N–H and O–H groups in total. The molecular weight excluding hydrogens is 414 g/mol. The summed E-state index contributed by atoms with van der Waals surface area (Å²) in [5.41, 5.74) is 0.264. The van der Waals surface area contributed by atoms with Crippen molar-refractivity contribution in [3.63, 3.8) is 0 Å². The Kier molecular flexibility index (Phi) is 9.96. The first kappa shape index (κ1) is 27.2. The fourth-order valence-corrected chi connectivity index (χ4v) is 3.23. The Morgan fingerprint density at radius 2 is 1.81 bits per heavy atom. The first-order chi connectivity index (χ1) is 14.8. The summed E-state index contributed by atoms with van der Waals surface area (Å²) in [5.74, 6) is -0.991. The van der Waals surface area contributed by atoms with Crippen LogP contribution in [0.2, 0.25) is 0 Å². The highest BCUT2D eigenvalue weighted by atomic mass is 16.6. The maximum Gasteiger partial charge on any atom is 0.408 e. The van der Waals surface area contributed by atoms with Gasteiger partial charge >= 0.3 is 6.09 Å². The Bertz CT molecular complexity index is 805. The van der Waals surface area contributed by atoms with Crippen molar-refractivity contribution < 1.29 is 29.3 Å². The van der Waals surface area contributed by atoms with E-state index < -0.39 is 42.2 Å². The van der Waals surface area contributed by atoms with Gasteiger partial charge in [-0.25, -0.2) is 4.79 Å². The fraction of sp³-hybridized carbons (Fsp3) is 0.609. The zero-order valence-electron chi connectivity index (χ0n) is 20.1. The molecule has 3 unspecified atom stereocenters. The van der Waals surface area contributed by atoms with Gasteiger partial charge in [-0.2, -0.15) is 0 Å². The number of nitrogens with zero attached hydrogens (tertiary/aromatic N) is 1. The van der Waals surface area contributed by atoms with E-state index in [9.17, 15) is 24.6 Å². The highest BCUT2D eigenvalue weighted by Crippen LogP contribution is 2.26. The predicted molar refractivity (Wildman–Crippen MR) is 121 cm³/mol. The van der Waals surface area contributed by atoms with Crippen LogP contribution in [0.4, 0.5) is 4.79 Å². The van der Waals surface area contributed by atoms with E-state index in [1.807, 2.05) is 13.8 Å². The maximum absolute atomic E-state index is 13.1. The summed E-state index contributed by atoms with van der Waals surface area (Å²) in [5, 5.41) is 24.9. The molecular formula is C23H37N3O6. The van der Waals surface area contributed by atoms with Crippen LogP contribution in [0.3, 0.4) is 0 Å². The number of hydrogen-bond acceptors (Lipinski definition) is 6. The number of ether oxygens (including phenoxy) is 1. The Balaban J connectivity index is 3.20. The number of aliphatic hydroxyl groups is 1. The van der Waals surface area contributed by atoms with Crippen molar-refractivity contribution in [3.05, 3.63) is 29.3 Å². The largest absolute Gasteiger partial charge is 0.508 e. The Hall–Kier alpha value is -2.81. The molecule has 3 amide bonds. The molecule has 0 saturated heterocycles.